The van der Waals surface area contributed by atoms with Crippen LogP contribution in [0.1, 0.15) is 52.9 Å². The Labute approximate surface area is 104 Å². The van der Waals surface area contributed by atoms with Crippen molar-refractivity contribution in [2.24, 2.45) is 0 Å². The second-order valence-corrected chi connectivity index (χ2v) is 4.54. The van der Waals surface area contributed by atoms with Gasteiger partial charge in [-0.25, -0.2) is 4.79 Å². The van der Waals surface area contributed by atoms with Gasteiger partial charge in [-0.15, -0.1) is 0 Å². The number of unbranched alkanes of at least 4 members (excludes halogenated alkanes) is 1. The highest BCUT2D eigenvalue weighted by atomic mass is 16.6. The van der Waals surface area contributed by atoms with Crippen LogP contribution in [0.15, 0.2) is 12.2 Å². The SMILES string of the molecule is CCCC[C@H]1O[C@]1(/C=C/C(=O)OCC)CCC. The fraction of sp³-hybridized carbons (Fsp3) is 0.786. The molecule has 3 heteroatoms. The van der Waals surface area contributed by atoms with Crippen molar-refractivity contribution in [1.29, 1.82) is 0 Å². The van der Waals surface area contributed by atoms with Crippen LogP contribution in [-0.4, -0.2) is 24.3 Å². The van der Waals surface area contributed by atoms with Gasteiger partial charge in [-0.2, -0.15) is 0 Å². The molecule has 98 valence electrons. The lowest BCUT2D eigenvalue weighted by Crippen LogP contribution is -2.13. The number of esters is 1. The highest BCUT2D eigenvalue weighted by molar-refractivity contribution is 5.82. The number of rotatable bonds is 8. The van der Waals surface area contributed by atoms with Gasteiger partial charge in [0.25, 0.3) is 0 Å². The van der Waals surface area contributed by atoms with E-state index in [2.05, 4.69) is 13.8 Å². The van der Waals surface area contributed by atoms with Gasteiger partial charge in [0.05, 0.1) is 12.7 Å². The van der Waals surface area contributed by atoms with Crippen molar-refractivity contribution in [2.45, 2.75) is 64.6 Å². The summed E-state index contributed by atoms with van der Waals surface area (Å²) in [6.45, 7) is 6.55. The third kappa shape index (κ3) is 4.15. The first kappa shape index (κ1) is 14.2. The Hall–Kier alpha value is -0.830. The van der Waals surface area contributed by atoms with Crippen molar-refractivity contribution >= 4 is 5.97 Å². The van der Waals surface area contributed by atoms with E-state index in [4.69, 9.17) is 9.47 Å². The van der Waals surface area contributed by atoms with Crippen LogP contribution in [0.4, 0.5) is 0 Å². The van der Waals surface area contributed by atoms with Crippen molar-refractivity contribution in [3.05, 3.63) is 12.2 Å². The van der Waals surface area contributed by atoms with Crippen LogP contribution in [-0.2, 0) is 14.3 Å². The highest BCUT2D eigenvalue weighted by Gasteiger charge is 2.52. The lowest BCUT2D eigenvalue weighted by Gasteiger charge is -2.05. The van der Waals surface area contributed by atoms with Crippen molar-refractivity contribution in [3.8, 4) is 0 Å². The summed E-state index contributed by atoms with van der Waals surface area (Å²) in [7, 11) is 0. The average molecular weight is 240 g/mol. The fourth-order valence-electron chi connectivity index (χ4n) is 2.16. The van der Waals surface area contributed by atoms with Gasteiger partial charge in [0.1, 0.15) is 5.60 Å². The molecule has 0 saturated carbocycles. The van der Waals surface area contributed by atoms with Crippen LogP contribution >= 0.6 is 0 Å². The maximum atomic E-state index is 11.3. The molecule has 0 aliphatic carbocycles. The zero-order chi connectivity index (χ0) is 12.7. The highest BCUT2D eigenvalue weighted by Crippen LogP contribution is 2.44. The van der Waals surface area contributed by atoms with Gasteiger partial charge in [0.15, 0.2) is 0 Å². The van der Waals surface area contributed by atoms with E-state index in [1.54, 1.807) is 0 Å². The van der Waals surface area contributed by atoms with Crippen LogP contribution in [0.2, 0.25) is 0 Å². The molecule has 0 bridgehead atoms. The molecular formula is C14H24O3. The van der Waals surface area contributed by atoms with E-state index in [-0.39, 0.29) is 11.6 Å². The molecule has 0 unspecified atom stereocenters. The molecule has 1 saturated heterocycles. The van der Waals surface area contributed by atoms with E-state index in [0.717, 1.165) is 19.3 Å². The summed E-state index contributed by atoms with van der Waals surface area (Å²) in [6.07, 6.45) is 9.22. The van der Waals surface area contributed by atoms with Gasteiger partial charge >= 0.3 is 5.97 Å². The van der Waals surface area contributed by atoms with Gasteiger partial charge in [0.2, 0.25) is 0 Å². The van der Waals surface area contributed by atoms with Crippen molar-refractivity contribution in [2.75, 3.05) is 6.61 Å². The molecule has 0 radical (unpaired) electrons. The summed E-state index contributed by atoms with van der Waals surface area (Å²) in [5, 5.41) is 0. The zero-order valence-electron chi connectivity index (χ0n) is 11.2. The molecule has 2 atom stereocenters. The quantitative estimate of drug-likeness (QED) is 0.371. The molecule has 0 aromatic rings. The summed E-state index contributed by atoms with van der Waals surface area (Å²) < 4.78 is 10.7. The molecule has 1 rings (SSSR count). The van der Waals surface area contributed by atoms with Gasteiger partial charge in [-0.05, 0) is 25.8 Å². The monoisotopic (exact) mass is 240 g/mol. The maximum Gasteiger partial charge on any atom is 0.330 e. The Balaban J connectivity index is 2.48. The molecule has 0 aromatic carbocycles. The number of carbonyl (C=O) groups is 1. The molecule has 0 aromatic heterocycles. The predicted molar refractivity (Wildman–Crippen MR) is 67.8 cm³/mol. The smallest absolute Gasteiger partial charge is 0.330 e. The van der Waals surface area contributed by atoms with Crippen LogP contribution in [0, 0.1) is 0 Å². The summed E-state index contributed by atoms with van der Waals surface area (Å²) in [4.78, 5) is 11.3. The maximum absolute atomic E-state index is 11.3. The lowest BCUT2D eigenvalue weighted by atomic mass is 9.96. The average Bonchev–Trinajstić information content (AvgIpc) is 2.99. The Bertz CT molecular complexity index is 273. The largest absolute Gasteiger partial charge is 0.463 e. The van der Waals surface area contributed by atoms with E-state index in [9.17, 15) is 4.79 Å². The summed E-state index contributed by atoms with van der Waals surface area (Å²) in [5.74, 6) is -0.271. The van der Waals surface area contributed by atoms with Gasteiger partial charge < -0.3 is 9.47 Å². The summed E-state index contributed by atoms with van der Waals surface area (Å²) in [5.41, 5.74) is -0.184. The number of ether oxygens (including phenoxy) is 2. The molecule has 0 spiro atoms. The minimum Gasteiger partial charge on any atom is -0.463 e. The number of epoxide rings is 1. The normalized spacial score (nSPS) is 27.4. The van der Waals surface area contributed by atoms with Crippen LogP contribution in [0.3, 0.4) is 0 Å². The molecule has 0 amide bonds. The second-order valence-electron chi connectivity index (χ2n) is 4.54. The van der Waals surface area contributed by atoms with E-state index in [1.165, 1.54) is 18.9 Å². The Morgan fingerprint density at radius 2 is 2.12 bits per heavy atom. The van der Waals surface area contributed by atoms with Gasteiger partial charge in [-0.3, -0.25) is 0 Å². The minimum absolute atomic E-state index is 0.184. The minimum atomic E-state index is -0.271. The first-order valence-electron chi connectivity index (χ1n) is 6.72. The zero-order valence-corrected chi connectivity index (χ0v) is 11.2. The van der Waals surface area contributed by atoms with Gasteiger partial charge in [-0.1, -0.05) is 33.1 Å². The molecule has 1 heterocycles. The lowest BCUT2D eigenvalue weighted by molar-refractivity contribution is -0.137. The van der Waals surface area contributed by atoms with E-state index < -0.39 is 0 Å². The Morgan fingerprint density at radius 3 is 2.71 bits per heavy atom. The number of hydrogen-bond donors (Lipinski definition) is 0. The van der Waals surface area contributed by atoms with E-state index in [1.807, 2.05) is 13.0 Å². The molecule has 0 N–H and O–H groups in total. The molecule has 17 heavy (non-hydrogen) atoms. The topological polar surface area (TPSA) is 38.8 Å². The van der Waals surface area contributed by atoms with E-state index in [0.29, 0.717) is 12.7 Å². The molecule has 3 nitrogen and oxygen atoms in total. The first-order chi connectivity index (χ1) is 8.18. The second kappa shape index (κ2) is 6.80. The van der Waals surface area contributed by atoms with Crippen LogP contribution in [0.5, 0.6) is 0 Å². The van der Waals surface area contributed by atoms with Crippen molar-refractivity contribution in [1.82, 2.24) is 0 Å². The Morgan fingerprint density at radius 1 is 1.35 bits per heavy atom. The summed E-state index contributed by atoms with van der Waals surface area (Å²) in [6, 6.07) is 0. The molecular weight excluding hydrogens is 216 g/mol. The van der Waals surface area contributed by atoms with Crippen LogP contribution in [0.25, 0.3) is 0 Å². The fourth-order valence-corrected chi connectivity index (χ4v) is 2.16. The molecule has 1 aliphatic heterocycles. The first-order valence-corrected chi connectivity index (χ1v) is 6.72. The molecule has 1 aliphatic rings. The third-order valence-electron chi connectivity index (χ3n) is 3.10. The van der Waals surface area contributed by atoms with E-state index >= 15 is 0 Å². The standard InChI is InChI=1S/C14H24O3/c1-4-7-8-12-14(17-12,10-5-2)11-9-13(15)16-6-3/h9,11-12H,4-8,10H2,1-3H3/b11-9+/t12-,14+/m1/s1. The predicted octanol–water partition coefficient (Wildman–Crippen LogP) is 3.23. The Kier molecular flexibility index (Phi) is 5.69. The number of hydrogen-bond acceptors (Lipinski definition) is 3. The van der Waals surface area contributed by atoms with Crippen LogP contribution < -0.4 is 0 Å². The number of carbonyl (C=O) groups excluding carboxylic acids is 1. The molecule has 1 fully saturated rings. The van der Waals surface area contributed by atoms with Crippen molar-refractivity contribution < 1.29 is 14.3 Å². The van der Waals surface area contributed by atoms with Gasteiger partial charge in [0, 0.05) is 6.08 Å². The third-order valence-corrected chi connectivity index (χ3v) is 3.10. The summed E-state index contributed by atoms with van der Waals surface area (Å²) >= 11 is 0. The van der Waals surface area contributed by atoms with Crippen molar-refractivity contribution in [3.63, 3.8) is 0 Å².